The van der Waals surface area contributed by atoms with E-state index in [1.165, 1.54) is 0 Å². The van der Waals surface area contributed by atoms with Gasteiger partial charge in [-0.15, -0.1) is 0 Å². The third-order valence-corrected chi connectivity index (χ3v) is 7.49. The van der Waals surface area contributed by atoms with Gasteiger partial charge in [-0.25, -0.2) is 4.42 Å². The fraction of sp³-hybridized carbons (Fsp3) is 0. The van der Waals surface area contributed by atoms with Gasteiger partial charge in [0.05, 0.1) is 34.4 Å². The summed E-state index contributed by atoms with van der Waals surface area (Å²) in [5.41, 5.74) is 5.67. The summed E-state index contributed by atoms with van der Waals surface area (Å²) < 4.78 is 12.5. The molecular formula is C40H27O4+. The highest BCUT2D eigenvalue weighted by Gasteiger charge is 2.33. The predicted octanol–water partition coefficient (Wildman–Crippen LogP) is 9.71. The van der Waals surface area contributed by atoms with Gasteiger partial charge in [0.25, 0.3) is 0 Å². The number of Topliss-reactive ketones (excluding diaryl/α,β-unsaturated/α-hetero) is 1. The van der Waals surface area contributed by atoms with E-state index < -0.39 is 0 Å². The highest BCUT2D eigenvalue weighted by atomic mass is 16.5. The number of ether oxygens (including phenoxy) is 1. The van der Waals surface area contributed by atoms with Crippen molar-refractivity contribution in [1.29, 1.82) is 0 Å². The Labute approximate surface area is 255 Å². The fourth-order valence-corrected chi connectivity index (χ4v) is 5.23. The van der Waals surface area contributed by atoms with E-state index in [9.17, 15) is 9.90 Å². The lowest BCUT2D eigenvalue weighted by atomic mass is 9.85. The summed E-state index contributed by atoms with van der Waals surface area (Å²) in [5, 5.41) is 11.1. The van der Waals surface area contributed by atoms with Crippen LogP contribution < -0.4 is 0 Å². The summed E-state index contributed by atoms with van der Waals surface area (Å²) in [5.74, 6) is 2.38. The molecule has 0 saturated carbocycles. The molecule has 44 heavy (non-hydrogen) atoms. The number of aliphatic hydroxyl groups is 1. The van der Waals surface area contributed by atoms with E-state index in [1.54, 1.807) is 12.2 Å². The molecule has 1 aromatic heterocycles. The van der Waals surface area contributed by atoms with Gasteiger partial charge in [-0.3, -0.25) is 4.79 Å². The molecule has 0 unspecified atom stereocenters. The standard InChI is InChI=1S/C40H26O4/c41-39-33(21-27-23-35(29-13-5-1-6-14-29)43-36(24-27)30-15-7-2-8-16-30)40(42)34(39)22-28-25-37(31-17-9-3-10-18-31)44-38(26-28)32-19-11-4-12-20-32/h1-26H/p+1. The third-order valence-electron chi connectivity index (χ3n) is 7.49. The van der Waals surface area contributed by atoms with Crippen LogP contribution in [0.3, 0.4) is 0 Å². The maximum atomic E-state index is 13.4. The Morgan fingerprint density at radius 3 is 1.43 bits per heavy atom. The van der Waals surface area contributed by atoms with E-state index in [-0.39, 0.29) is 22.7 Å². The smallest absolute Gasteiger partial charge is 0.361 e. The molecule has 0 atom stereocenters. The lowest BCUT2D eigenvalue weighted by molar-refractivity contribution is -0.113. The van der Waals surface area contributed by atoms with E-state index in [1.807, 2.05) is 146 Å². The van der Waals surface area contributed by atoms with Crippen molar-refractivity contribution in [1.82, 2.24) is 0 Å². The number of benzene rings is 4. The SMILES string of the molecule is O=C1C(=Cc2cc(-c3ccccc3)[o+]c(-c3ccccc3)c2)C(O)=C1C=C1C=C(c2ccccc2)OC(c2ccccc2)=C1. The van der Waals surface area contributed by atoms with Gasteiger partial charge in [0.1, 0.15) is 17.3 Å². The van der Waals surface area contributed by atoms with E-state index in [4.69, 9.17) is 9.15 Å². The summed E-state index contributed by atoms with van der Waals surface area (Å²) in [6.07, 6.45) is 7.20. The molecule has 0 spiro atoms. The van der Waals surface area contributed by atoms with Crippen molar-refractivity contribution >= 4 is 23.4 Å². The van der Waals surface area contributed by atoms with Crippen LogP contribution in [0.25, 0.3) is 40.2 Å². The summed E-state index contributed by atoms with van der Waals surface area (Å²) >= 11 is 0. The first-order valence-corrected chi connectivity index (χ1v) is 14.4. The molecular weight excluding hydrogens is 544 g/mol. The van der Waals surface area contributed by atoms with Crippen molar-refractivity contribution in [3.05, 3.63) is 191 Å². The Bertz CT molecular complexity index is 1900. The average Bonchev–Trinajstić information content (AvgIpc) is 3.10. The Kier molecular flexibility index (Phi) is 7.15. The van der Waals surface area contributed by atoms with Crippen LogP contribution >= 0.6 is 0 Å². The number of rotatable bonds is 6. The minimum atomic E-state index is -0.228. The molecule has 0 bridgehead atoms. The zero-order valence-corrected chi connectivity index (χ0v) is 23.7. The molecule has 5 aromatic rings. The van der Waals surface area contributed by atoms with E-state index in [0.29, 0.717) is 23.0 Å². The summed E-state index contributed by atoms with van der Waals surface area (Å²) in [6.45, 7) is 0. The van der Waals surface area contributed by atoms with Crippen LogP contribution in [0.2, 0.25) is 0 Å². The number of allylic oxidation sites excluding steroid dienone is 6. The van der Waals surface area contributed by atoms with Crippen molar-refractivity contribution in [2.24, 2.45) is 0 Å². The zero-order chi connectivity index (χ0) is 29.9. The fourth-order valence-electron chi connectivity index (χ4n) is 5.23. The Morgan fingerprint density at radius 2 is 1.00 bits per heavy atom. The first-order chi connectivity index (χ1) is 21.6. The van der Waals surface area contributed by atoms with E-state index >= 15 is 0 Å². The molecule has 0 fully saturated rings. The van der Waals surface area contributed by atoms with Gasteiger partial charge in [-0.05, 0) is 59.7 Å². The molecule has 4 heteroatoms. The number of aliphatic hydroxyl groups excluding tert-OH is 1. The van der Waals surface area contributed by atoms with Gasteiger partial charge >= 0.3 is 11.5 Å². The van der Waals surface area contributed by atoms with Crippen LogP contribution in [-0.2, 0) is 9.53 Å². The van der Waals surface area contributed by atoms with Gasteiger partial charge in [-0.1, -0.05) is 97.1 Å². The second-order valence-corrected chi connectivity index (χ2v) is 10.5. The lowest BCUT2D eigenvalue weighted by Gasteiger charge is -2.22. The molecule has 1 aliphatic carbocycles. The van der Waals surface area contributed by atoms with Crippen molar-refractivity contribution in [3.8, 4) is 22.6 Å². The number of carbonyl (C=O) groups excluding carboxylic acids is 1. The first-order valence-electron chi connectivity index (χ1n) is 14.4. The molecule has 2 aliphatic rings. The van der Waals surface area contributed by atoms with Crippen molar-refractivity contribution < 1.29 is 19.1 Å². The zero-order valence-electron chi connectivity index (χ0n) is 23.7. The largest absolute Gasteiger partial charge is 0.506 e. The molecule has 2 heterocycles. The summed E-state index contributed by atoms with van der Waals surface area (Å²) in [4.78, 5) is 13.4. The van der Waals surface area contributed by atoms with Gasteiger partial charge in [0.2, 0.25) is 5.78 Å². The number of hydrogen-bond acceptors (Lipinski definition) is 3. The van der Waals surface area contributed by atoms with Crippen molar-refractivity contribution in [2.75, 3.05) is 0 Å². The minimum absolute atomic E-state index is 0.0402. The van der Waals surface area contributed by atoms with Crippen LogP contribution in [0, 0.1) is 0 Å². The molecule has 1 N–H and O–H groups in total. The monoisotopic (exact) mass is 571 g/mol. The Hall–Kier alpha value is -6.00. The van der Waals surface area contributed by atoms with Crippen molar-refractivity contribution in [2.45, 2.75) is 0 Å². The number of hydrogen-bond donors (Lipinski definition) is 1. The lowest BCUT2D eigenvalue weighted by Crippen LogP contribution is -2.21. The molecule has 0 saturated heterocycles. The molecule has 0 amide bonds. The Balaban J connectivity index is 1.28. The van der Waals surface area contributed by atoms with E-state index in [2.05, 4.69) is 0 Å². The molecule has 1 aliphatic heterocycles. The van der Waals surface area contributed by atoms with Gasteiger partial charge in [0, 0.05) is 11.1 Å². The van der Waals surface area contributed by atoms with Crippen LogP contribution in [0.5, 0.6) is 0 Å². The van der Waals surface area contributed by atoms with Crippen molar-refractivity contribution in [3.63, 3.8) is 0 Å². The first kappa shape index (κ1) is 26.9. The highest BCUT2D eigenvalue weighted by molar-refractivity contribution is 6.23. The van der Waals surface area contributed by atoms with Gasteiger partial charge in [0.15, 0.2) is 0 Å². The second kappa shape index (κ2) is 11.7. The summed E-state index contributed by atoms with van der Waals surface area (Å²) in [7, 11) is 0. The van der Waals surface area contributed by atoms with E-state index in [0.717, 1.165) is 33.4 Å². The van der Waals surface area contributed by atoms with Crippen LogP contribution in [0.4, 0.5) is 0 Å². The molecule has 7 rings (SSSR count). The maximum Gasteiger partial charge on any atom is 0.361 e. The third kappa shape index (κ3) is 5.44. The molecule has 4 nitrogen and oxygen atoms in total. The minimum Gasteiger partial charge on any atom is -0.506 e. The van der Waals surface area contributed by atoms with Gasteiger partial charge < -0.3 is 9.84 Å². The number of carbonyl (C=O) groups is 1. The predicted molar refractivity (Wildman–Crippen MR) is 175 cm³/mol. The Morgan fingerprint density at radius 1 is 0.568 bits per heavy atom. The quantitative estimate of drug-likeness (QED) is 0.163. The second-order valence-electron chi connectivity index (χ2n) is 10.5. The normalized spacial score (nSPS) is 15.3. The van der Waals surface area contributed by atoms with Gasteiger partial charge in [-0.2, -0.15) is 0 Å². The van der Waals surface area contributed by atoms with Crippen LogP contribution in [0.1, 0.15) is 16.7 Å². The molecule has 0 radical (unpaired) electrons. The molecule has 4 aromatic carbocycles. The summed E-state index contributed by atoms with van der Waals surface area (Å²) in [6, 6.07) is 43.0. The van der Waals surface area contributed by atoms with Crippen LogP contribution in [-0.4, -0.2) is 10.9 Å². The maximum absolute atomic E-state index is 13.4. The number of ketones is 1. The topological polar surface area (TPSA) is 57.8 Å². The highest BCUT2D eigenvalue weighted by Crippen LogP contribution is 2.37. The molecule has 210 valence electrons. The van der Waals surface area contributed by atoms with Crippen LogP contribution in [0.15, 0.2) is 179 Å². The average molecular weight is 572 g/mol.